The molecule has 1 amide bonds. The van der Waals surface area contributed by atoms with Crippen LogP contribution in [0.5, 0.6) is 23.0 Å². The molecule has 1 saturated heterocycles. The summed E-state index contributed by atoms with van der Waals surface area (Å²) in [6, 6.07) is 14.3. The van der Waals surface area contributed by atoms with Gasteiger partial charge in [0.25, 0.3) is 5.91 Å². The molecule has 3 aromatic carbocycles. The highest BCUT2D eigenvalue weighted by Crippen LogP contribution is 2.38. The fourth-order valence-electron chi connectivity index (χ4n) is 5.77. The van der Waals surface area contributed by atoms with Gasteiger partial charge < -0.3 is 28.6 Å². The summed E-state index contributed by atoms with van der Waals surface area (Å²) in [5.41, 5.74) is 3.62. The molecule has 0 aliphatic carbocycles. The Bertz CT molecular complexity index is 2100. The molecule has 2 aliphatic heterocycles. The first kappa shape index (κ1) is 43.2. The number of ketones is 2. The monoisotopic (exact) mass is 776 g/mol. The minimum Gasteiger partial charge on any atom is -0.501 e. The predicted molar refractivity (Wildman–Crippen MR) is 222 cm³/mol. The van der Waals surface area contributed by atoms with Crippen LogP contribution < -0.4 is 18.9 Å². The number of hydrogen-bond donors (Lipinski definition) is 0. The summed E-state index contributed by atoms with van der Waals surface area (Å²) in [5, 5.41) is 0. The number of nitrogens with zero attached hydrogens (tertiary/aromatic N) is 2. The second-order valence-corrected chi connectivity index (χ2v) is 13.0. The van der Waals surface area contributed by atoms with E-state index in [1.165, 1.54) is 36.4 Å². The number of methoxy groups -OCH3 is 3. The number of amides is 1. The number of benzene rings is 3. The predicted octanol–water partition coefficient (Wildman–Crippen LogP) is 9.26. The Morgan fingerprint density at radius 3 is 2.30 bits per heavy atom. The van der Waals surface area contributed by atoms with Gasteiger partial charge in [-0.15, -0.1) is 0 Å². The minimum atomic E-state index is -0.390. The van der Waals surface area contributed by atoms with Gasteiger partial charge in [0, 0.05) is 30.8 Å². The SMILES string of the molecule is C=C/C=C(\C)C(=O)/C=C/C(=C)/C=C(\C)OC.COc1cc(/C=C/C(=O)c2ccc(F)cc2)ccc1OCCCOc1cc2c(cc1OC)C(=O)N1CCC[C@H]1C=N2. The lowest BCUT2D eigenvalue weighted by atomic mass is 10.1. The smallest absolute Gasteiger partial charge is 0.256 e. The zero-order valence-corrected chi connectivity index (χ0v) is 33.1. The van der Waals surface area contributed by atoms with Crippen molar-refractivity contribution in [1.82, 2.24) is 4.90 Å². The van der Waals surface area contributed by atoms with Gasteiger partial charge in [-0.2, -0.15) is 0 Å². The number of fused-ring (bicyclic) bond motifs is 2. The fraction of sp³-hybridized carbons (Fsp3) is 0.261. The average Bonchev–Trinajstić information content (AvgIpc) is 3.65. The first-order valence-electron chi connectivity index (χ1n) is 18.4. The van der Waals surface area contributed by atoms with E-state index in [9.17, 15) is 18.8 Å². The summed E-state index contributed by atoms with van der Waals surface area (Å²) >= 11 is 0. The van der Waals surface area contributed by atoms with E-state index < -0.39 is 5.82 Å². The Balaban J connectivity index is 0.000000381. The maximum absolute atomic E-state index is 13.1. The quantitative estimate of drug-likeness (QED) is 0.0439. The van der Waals surface area contributed by atoms with Crippen LogP contribution >= 0.6 is 0 Å². The summed E-state index contributed by atoms with van der Waals surface area (Å²) in [6.45, 7) is 12.3. The van der Waals surface area contributed by atoms with Crippen molar-refractivity contribution in [1.29, 1.82) is 0 Å². The normalized spacial score (nSPS) is 14.9. The molecule has 0 saturated carbocycles. The van der Waals surface area contributed by atoms with Crippen molar-refractivity contribution in [3.63, 3.8) is 0 Å². The molecule has 11 heteroatoms. The van der Waals surface area contributed by atoms with Crippen LogP contribution in [0.2, 0.25) is 0 Å². The number of carbonyl (C=O) groups excluding carboxylic acids is 3. The van der Waals surface area contributed by atoms with Gasteiger partial charge in [-0.05, 0) is 104 Å². The standard InChI is InChI=1S/C32H31FN2O6.C14H18O2/c1-38-29-17-21(6-12-27(36)22-8-10-23(33)11-9-22)7-13-28(29)40-15-4-16-41-31-19-26-25(18-30(31)39-2)32(37)35-14-3-5-24(35)20-34-26;1-6-7-12(3)14(15)9-8-11(2)10-13(4)16-5/h6-13,17-20,24H,3-5,14-16H2,1-2H3;6-10H,1-2H2,3-5H3/b12-6+;9-8+,12-7+,13-10+/t24-;/m0./s1. The Hall–Kier alpha value is -6.49. The van der Waals surface area contributed by atoms with Gasteiger partial charge in [0.15, 0.2) is 34.6 Å². The van der Waals surface area contributed by atoms with Gasteiger partial charge >= 0.3 is 0 Å². The van der Waals surface area contributed by atoms with Crippen LogP contribution in [0.4, 0.5) is 10.1 Å². The van der Waals surface area contributed by atoms with Crippen molar-refractivity contribution in [2.45, 2.75) is 39.2 Å². The van der Waals surface area contributed by atoms with Crippen LogP contribution in [0.15, 0.2) is 126 Å². The third kappa shape index (κ3) is 12.5. The zero-order chi connectivity index (χ0) is 41.3. The van der Waals surface area contributed by atoms with Crippen LogP contribution in [0.25, 0.3) is 6.08 Å². The second kappa shape index (κ2) is 21.6. The third-order valence-electron chi connectivity index (χ3n) is 8.92. The topological polar surface area (TPSA) is 113 Å². The van der Waals surface area contributed by atoms with E-state index in [1.54, 1.807) is 82.9 Å². The van der Waals surface area contributed by atoms with E-state index >= 15 is 0 Å². The largest absolute Gasteiger partial charge is 0.501 e. The highest BCUT2D eigenvalue weighted by molar-refractivity contribution is 6.07. The van der Waals surface area contributed by atoms with Crippen molar-refractivity contribution < 1.29 is 42.5 Å². The van der Waals surface area contributed by atoms with Gasteiger partial charge in [-0.1, -0.05) is 43.5 Å². The Kier molecular flexibility index (Phi) is 16.4. The fourth-order valence-corrected chi connectivity index (χ4v) is 5.77. The number of halogens is 1. The number of carbonyl (C=O) groups is 3. The zero-order valence-electron chi connectivity index (χ0n) is 33.1. The molecule has 3 aromatic rings. The van der Waals surface area contributed by atoms with Crippen LogP contribution in [0.1, 0.15) is 59.4 Å². The highest BCUT2D eigenvalue weighted by atomic mass is 19.1. The Morgan fingerprint density at radius 2 is 1.61 bits per heavy atom. The number of rotatable bonds is 17. The minimum absolute atomic E-state index is 0.0341. The Morgan fingerprint density at radius 1 is 0.912 bits per heavy atom. The molecule has 0 unspecified atom stereocenters. The van der Waals surface area contributed by atoms with Crippen LogP contribution in [0, 0.1) is 5.82 Å². The molecule has 10 nitrogen and oxygen atoms in total. The van der Waals surface area contributed by atoms with Crippen molar-refractivity contribution >= 4 is 35.5 Å². The van der Waals surface area contributed by atoms with Crippen molar-refractivity contribution in [2.24, 2.45) is 4.99 Å². The molecule has 1 fully saturated rings. The number of allylic oxidation sites excluding steroid dienone is 9. The molecular formula is C46H49FN2O8. The summed E-state index contributed by atoms with van der Waals surface area (Å²) in [4.78, 5) is 43.3. The highest BCUT2D eigenvalue weighted by Gasteiger charge is 2.32. The van der Waals surface area contributed by atoms with E-state index in [4.69, 9.17) is 23.7 Å². The van der Waals surface area contributed by atoms with E-state index in [2.05, 4.69) is 18.2 Å². The molecule has 298 valence electrons. The van der Waals surface area contributed by atoms with Gasteiger partial charge in [-0.3, -0.25) is 19.4 Å². The van der Waals surface area contributed by atoms with Crippen LogP contribution in [0.3, 0.4) is 0 Å². The molecular weight excluding hydrogens is 728 g/mol. The summed E-state index contributed by atoms with van der Waals surface area (Å²) in [6.07, 6.45) is 15.6. The average molecular weight is 777 g/mol. The maximum atomic E-state index is 13.1. The molecule has 0 bridgehead atoms. The van der Waals surface area contributed by atoms with Crippen molar-refractivity contribution in [3.05, 3.63) is 144 Å². The molecule has 0 aromatic heterocycles. The number of ether oxygens (including phenoxy) is 5. The Labute approximate surface area is 333 Å². The van der Waals surface area contributed by atoms with Crippen molar-refractivity contribution in [2.75, 3.05) is 41.1 Å². The lowest BCUT2D eigenvalue weighted by Crippen LogP contribution is -2.35. The number of hydrogen-bond acceptors (Lipinski definition) is 9. The summed E-state index contributed by atoms with van der Waals surface area (Å²) in [5.74, 6) is 2.13. The van der Waals surface area contributed by atoms with Gasteiger partial charge in [0.2, 0.25) is 0 Å². The molecule has 2 heterocycles. The molecule has 5 rings (SSSR count). The van der Waals surface area contributed by atoms with E-state index in [0.29, 0.717) is 65.0 Å². The molecule has 1 atom stereocenters. The first-order chi connectivity index (χ1) is 27.5. The third-order valence-corrected chi connectivity index (χ3v) is 8.92. The van der Waals surface area contributed by atoms with Gasteiger partial charge in [-0.25, -0.2) is 4.39 Å². The number of aliphatic imine (C=N–C) groups is 1. The van der Waals surface area contributed by atoms with Gasteiger partial charge in [0.05, 0.1) is 57.6 Å². The maximum Gasteiger partial charge on any atom is 0.256 e. The van der Waals surface area contributed by atoms with E-state index in [-0.39, 0.29) is 23.5 Å². The van der Waals surface area contributed by atoms with Crippen LogP contribution in [-0.4, -0.2) is 75.7 Å². The first-order valence-corrected chi connectivity index (χ1v) is 18.4. The molecule has 2 aliphatic rings. The lowest BCUT2D eigenvalue weighted by molar-refractivity contribution is -0.111. The van der Waals surface area contributed by atoms with E-state index in [1.807, 2.05) is 24.1 Å². The second-order valence-electron chi connectivity index (χ2n) is 13.0. The molecule has 0 radical (unpaired) electrons. The lowest BCUT2D eigenvalue weighted by Gasteiger charge is -2.20. The molecule has 0 spiro atoms. The van der Waals surface area contributed by atoms with E-state index in [0.717, 1.165) is 36.3 Å². The van der Waals surface area contributed by atoms with Crippen molar-refractivity contribution in [3.8, 4) is 23.0 Å². The molecule has 0 N–H and O–H groups in total. The summed E-state index contributed by atoms with van der Waals surface area (Å²) in [7, 11) is 4.68. The summed E-state index contributed by atoms with van der Waals surface area (Å²) < 4.78 is 40.9. The van der Waals surface area contributed by atoms with Gasteiger partial charge in [0.1, 0.15) is 5.82 Å². The molecule has 57 heavy (non-hydrogen) atoms. The van der Waals surface area contributed by atoms with Crippen LogP contribution in [-0.2, 0) is 9.53 Å².